The minimum absolute atomic E-state index is 0.0256. The second-order valence-corrected chi connectivity index (χ2v) is 14.6. The van der Waals surface area contributed by atoms with Crippen molar-refractivity contribution in [2.75, 3.05) is 13.1 Å². The first-order valence-corrected chi connectivity index (χ1v) is 15.9. The highest BCUT2D eigenvalue weighted by molar-refractivity contribution is 6.21. The molecule has 0 bridgehead atoms. The summed E-state index contributed by atoms with van der Waals surface area (Å²) in [6.45, 7) is 16.5. The Morgan fingerprint density at radius 1 is 0.820 bits per heavy atom. The van der Waals surface area contributed by atoms with E-state index in [1.165, 1.54) is 12.1 Å². The summed E-state index contributed by atoms with van der Waals surface area (Å²) in [6, 6.07) is 3.43. The van der Waals surface area contributed by atoms with Crippen LogP contribution in [0, 0.1) is 5.92 Å². The van der Waals surface area contributed by atoms with Gasteiger partial charge in [0.15, 0.2) is 0 Å². The number of hydrogen-bond acceptors (Lipinski definition) is 10. The van der Waals surface area contributed by atoms with Gasteiger partial charge in [0.25, 0.3) is 11.8 Å². The van der Waals surface area contributed by atoms with Gasteiger partial charge in [-0.2, -0.15) is 5.01 Å². The van der Waals surface area contributed by atoms with E-state index in [1.54, 1.807) is 88.3 Å². The van der Waals surface area contributed by atoms with E-state index in [9.17, 15) is 38.7 Å². The Morgan fingerprint density at radius 3 is 1.76 bits per heavy atom. The third-order valence-corrected chi connectivity index (χ3v) is 6.28. The second-order valence-electron chi connectivity index (χ2n) is 14.6. The van der Waals surface area contributed by atoms with E-state index in [0.29, 0.717) is 5.01 Å². The van der Waals surface area contributed by atoms with Crippen molar-refractivity contribution in [3.63, 3.8) is 0 Å². The van der Waals surface area contributed by atoms with Crippen molar-refractivity contribution in [2.45, 2.75) is 105 Å². The lowest BCUT2D eigenvalue weighted by molar-refractivity contribution is -0.140. The van der Waals surface area contributed by atoms with E-state index < -0.39 is 89.9 Å². The van der Waals surface area contributed by atoms with E-state index in [2.05, 4.69) is 15.6 Å². The van der Waals surface area contributed by atoms with Crippen LogP contribution in [0.3, 0.4) is 0 Å². The third kappa shape index (κ3) is 12.0. The number of carboxylic acids is 1. The van der Waals surface area contributed by atoms with Crippen molar-refractivity contribution >= 4 is 48.1 Å². The highest BCUT2D eigenvalue weighted by Gasteiger charge is 2.42. The zero-order valence-corrected chi connectivity index (χ0v) is 30.4. The number of hydrazine groups is 1. The molecule has 0 aromatic heterocycles. The number of ether oxygens (including phenoxy) is 3. The predicted molar refractivity (Wildman–Crippen MR) is 179 cm³/mol. The molecule has 0 saturated heterocycles. The molecule has 276 valence electrons. The van der Waals surface area contributed by atoms with Crippen LogP contribution < -0.4 is 10.6 Å². The van der Waals surface area contributed by atoms with Gasteiger partial charge in [-0.05, 0) is 86.8 Å². The van der Waals surface area contributed by atoms with E-state index >= 15 is 0 Å². The molecule has 1 heterocycles. The van der Waals surface area contributed by atoms with Crippen LogP contribution in [0.2, 0.25) is 0 Å². The van der Waals surface area contributed by atoms with Gasteiger partial charge in [0.05, 0.1) is 11.1 Å². The monoisotopic (exact) mass is 704 g/mol. The Kier molecular flexibility index (Phi) is 13.1. The van der Waals surface area contributed by atoms with Gasteiger partial charge in [0.1, 0.15) is 22.8 Å². The maximum Gasteiger partial charge on any atom is 0.437 e. The number of carbonyl (C=O) groups excluding carboxylic acids is 6. The Labute approximate surface area is 291 Å². The first kappa shape index (κ1) is 41.0. The Hall–Kier alpha value is -5.22. The molecule has 0 spiro atoms. The van der Waals surface area contributed by atoms with Crippen molar-refractivity contribution in [3.8, 4) is 0 Å². The third-order valence-electron chi connectivity index (χ3n) is 6.28. The molecule has 1 atom stereocenters. The topological polar surface area (TPSA) is 214 Å². The number of alkyl carbamates (subject to hydrolysis) is 1. The molecule has 1 aliphatic rings. The number of guanidine groups is 1. The molecule has 17 nitrogen and oxygen atoms in total. The largest absolute Gasteiger partial charge is 0.480 e. The molecule has 0 radical (unpaired) electrons. The van der Waals surface area contributed by atoms with Gasteiger partial charge in [0.2, 0.25) is 5.96 Å². The SMILES string of the molecule is CC(C)[C@H](NC(=O)N(CCCN(C(=O)OC(C)(C)C)/C(=N/C(=O)OC(C)(C)C)NC(=O)OC(C)(C)C)N1C(=O)c2ccccc2C1=O)C(=O)O. The van der Waals surface area contributed by atoms with Gasteiger partial charge in [-0.25, -0.2) is 33.9 Å². The summed E-state index contributed by atoms with van der Waals surface area (Å²) >= 11 is 0. The smallest absolute Gasteiger partial charge is 0.437 e. The number of carboxylic acid groups (broad SMARTS) is 1. The molecule has 1 aromatic carbocycles. The van der Waals surface area contributed by atoms with Crippen molar-refractivity contribution in [2.24, 2.45) is 10.9 Å². The standard InChI is InChI=1S/C33H48N6O11/c1-19(2)22(25(42)43)34-27(44)38(39-23(40)20-15-12-13-16-21(20)24(39)41)18-14-17-37(30(47)50-33(9,10)11)26(35-28(45)48-31(3,4)5)36-29(46)49-32(6,7)8/h12-13,15-16,19,22H,14,17-18H2,1-11H3,(H,34,44)(H,42,43)(H,35,36,45,46)/t22-/m0/s1. The fourth-order valence-electron chi connectivity index (χ4n) is 4.31. The van der Waals surface area contributed by atoms with Crippen LogP contribution in [-0.4, -0.2) is 104 Å². The number of nitrogens with zero attached hydrogens (tertiary/aromatic N) is 4. The number of rotatable bonds is 8. The fourth-order valence-corrected chi connectivity index (χ4v) is 4.31. The quantitative estimate of drug-likeness (QED) is 0.145. The van der Waals surface area contributed by atoms with E-state index in [1.807, 2.05) is 0 Å². The Bertz CT molecular complexity index is 1480. The Morgan fingerprint density at radius 2 is 1.32 bits per heavy atom. The van der Waals surface area contributed by atoms with E-state index in [4.69, 9.17) is 14.2 Å². The molecule has 17 heteroatoms. The van der Waals surface area contributed by atoms with Gasteiger partial charge >= 0.3 is 30.3 Å². The minimum atomic E-state index is -1.39. The first-order chi connectivity index (χ1) is 22.8. The minimum Gasteiger partial charge on any atom is -0.480 e. The summed E-state index contributed by atoms with van der Waals surface area (Å²) < 4.78 is 16.1. The summed E-state index contributed by atoms with van der Waals surface area (Å²) in [5.41, 5.74) is -3.00. The number of benzene rings is 1. The number of imide groups is 1. The summed E-state index contributed by atoms with van der Waals surface area (Å²) in [7, 11) is 0. The number of nitrogens with one attached hydrogen (secondary N) is 2. The lowest BCUT2D eigenvalue weighted by atomic mass is 10.1. The van der Waals surface area contributed by atoms with Crippen LogP contribution >= 0.6 is 0 Å². The van der Waals surface area contributed by atoms with Gasteiger partial charge in [-0.3, -0.25) is 14.9 Å². The predicted octanol–water partition coefficient (Wildman–Crippen LogP) is 4.76. The summed E-state index contributed by atoms with van der Waals surface area (Å²) in [6.07, 6.45) is -3.55. The number of fused-ring (bicyclic) bond motifs is 1. The zero-order chi connectivity index (χ0) is 38.4. The molecule has 7 amide bonds. The maximum absolute atomic E-state index is 13.6. The lowest BCUT2D eigenvalue weighted by Crippen LogP contribution is -2.58. The number of amides is 7. The summed E-state index contributed by atoms with van der Waals surface area (Å²) in [4.78, 5) is 96.2. The number of urea groups is 1. The molecule has 3 N–H and O–H groups in total. The van der Waals surface area contributed by atoms with Crippen molar-refractivity contribution < 1.29 is 52.9 Å². The molecule has 0 unspecified atom stereocenters. The molecule has 50 heavy (non-hydrogen) atoms. The highest BCUT2D eigenvalue weighted by atomic mass is 16.6. The zero-order valence-electron chi connectivity index (χ0n) is 30.4. The van der Waals surface area contributed by atoms with Crippen molar-refractivity contribution in [3.05, 3.63) is 35.4 Å². The van der Waals surface area contributed by atoms with Crippen LogP contribution in [0.15, 0.2) is 29.3 Å². The maximum atomic E-state index is 13.6. The summed E-state index contributed by atoms with van der Waals surface area (Å²) in [5, 5.41) is 15.7. The molecular weight excluding hydrogens is 656 g/mol. The molecule has 1 aliphatic heterocycles. The first-order valence-electron chi connectivity index (χ1n) is 15.9. The van der Waals surface area contributed by atoms with Crippen LogP contribution in [0.25, 0.3) is 0 Å². The molecule has 1 aromatic rings. The van der Waals surface area contributed by atoms with Gasteiger partial charge in [-0.15, -0.1) is 4.99 Å². The van der Waals surface area contributed by atoms with E-state index in [-0.39, 0.29) is 17.5 Å². The molecule has 0 saturated carbocycles. The molecule has 0 fully saturated rings. The van der Waals surface area contributed by atoms with Gasteiger partial charge < -0.3 is 24.6 Å². The number of aliphatic imine (C=N–C) groups is 1. The normalized spacial score (nSPS) is 14.1. The van der Waals surface area contributed by atoms with Crippen LogP contribution in [0.5, 0.6) is 0 Å². The van der Waals surface area contributed by atoms with E-state index in [0.717, 1.165) is 9.91 Å². The molecule has 0 aliphatic carbocycles. The van der Waals surface area contributed by atoms with Crippen molar-refractivity contribution in [1.82, 2.24) is 25.6 Å². The molecule has 2 rings (SSSR count). The second kappa shape index (κ2) is 16.0. The molecular formula is C33H48N6O11. The summed E-state index contributed by atoms with van der Waals surface area (Å²) in [5.74, 6) is -4.22. The fraction of sp³-hybridized carbons (Fsp3) is 0.576. The number of aliphatic carboxylic acids is 1. The lowest BCUT2D eigenvalue weighted by Gasteiger charge is -2.33. The average Bonchev–Trinajstić information content (AvgIpc) is 3.17. The van der Waals surface area contributed by atoms with Crippen LogP contribution in [0.4, 0.5) is 19.2 Å². The van der Waals surface area contributed by atoms with Gasteiger partial charge in [0, 0.05) is 13.1 Å². The Balaban J connectivity index is 2.56. The van der Waals surface area contributed by atoms with Gasteiger partial charge in [-0.1, -0.05) is 26.0 Å². The van der Waals surface area contributed by atoms with Crippen LogP contribution in [-0.2, 0) is 19.0 Å². The highest BCUT2D eigenvalue weighted by Crippen LogP contribution is 2.25. The van der Waals surface area contributed by atoms with Crippen molar-refractivity contribution in [1.29, 1.82) is 0 Å². The number of carbonyl (C=O) groups is 7. The average molecular weight is 705 g/mol. The number of hydrogen-bond donors (Lipinski definition) is 3. The van der Waals surface area contributed by atoms with Crippen LogP contribution in [0.1, 0.15) is 103 Å².